The van der Waals surface area contributed by atoms with E-state index in [-0.39, 0.29) is 18.3 Å². The van der Waals surface area contributed by atoms with Crippen LogP contribution in [0.15, 0.2) is 35.0 Å². The Hall–Kier alpha value is -2.04. The van der Waals surface area contributed by atoms with E-state index in [9.17, 15) is 9.59 Å². The molecule has 176 valence electrons. The van der Waals surface area contributed by atoms with Gasteiger partial charge in [0.2, 0.25) is 11.7 Å². The van der Waals surface area contributed by atoms with Crippen LogP contribution in [-0.2, 0) is 9.53 Å². The van der Waals surface area contributed by atoms with Gasteiger partial charge >= 0.3 is 5.97 Å². The number of hydrogen-bond acceptors (Lipinski definition) is 4. The van der Waals surface area contributed by atoms with Crippen LogP contribution < -0.4 is 0 Å². The Kier molecular flexibility index (Phi) is 16.3. The number of carbonyl (C=O) groups is 2. The van der Waals surface area contributed by atoms with Crippen molar-refractivity contribution in [1.29, 1.82) is 0 Å². The number of hydrogen-bond donors (Lipinski definition) is 0. The van der Waals surface area contributed by atoms with E-state index < -0.39 is 5.97 Å². The second-order valence-electron chi connectivity index (χ2n) is 8.26. The standard InChI is InChI=1S/C26H43NO4/c1-3-4-5-6-7-8-9-10-11-12-13-14-15-16-17-20-25(28)27(2)21-23-31-26(29)24-19-18-22-30-24/h10-11,18-19,22H,3-9,12-17,20-21,23H2,1-2H3/b11-10-. The van der Waals surface area contributed by atoms with Crippen molar-refractivity contribution in [2.75, 3.05) is 20.2 Å². The maximum Gasteiger partial charge on any atom is 0.374 e. The largest absolute Gasteiger partial charge is 0.458 e. The SMILES string of the molecule is CCCCCCCC/C=C\CCCCCCCC(=O)N(C)CCOC(=O)c1ccco1. The summed E-state index contributed by atoms with van der Waals surface area (Å²) in [6, 6.07) is 3.20. The second kappa shape index (κ2) is 18.7. The number of unbranched alkanes of at least 4 members (excludes halogenated alkanes) is 11. The zero-order valence-corrected chi connectivity index (χ0v) is 19.8. The van der Waals surface area contributed by atoms with E-state index in [0.29, 0.717) is 13.0 Å². The highest BCUT2D eigenvalue weighted by Crippen LogP contribution is 2.10. The summed E-state index contributed by atoms with van der Waals surface area (Å²) in [6.45, 7) is 2.83. The van der Waals surface area contributed by atoms with Crippen molar-refractivity contribution in [1.82, 2.24) is 4.90 Å². The lowest BCUT2D eigenvalue weighted by atomic mass is 10.1. The first-order valence-electron chi connectivity index (χ1n) is 12.2. The summed E-state index contributed by atoms with van der Waals surface area (Å²) in [4.78, 5) is 25.4. The lowest BCUT2D eigenvalue weighted by Gasteiger charge is -2.16. The van der Waals surface area contributed by atoms with Crippen LogP contribution >= 0.6 is 0 Å². The smallest absolute Gasteiger partial charge is 0.374 e. The number of rotatable bonds is 19. The average molecular weight is 434 g/mol. The molecule has 0 saturated heterocycles. The molecule has 0 saturated carbocycles. The number of nitrogens with zero attached hydrogens (tertiary/aromatic N) is 1. The van der Waals surface area contributed by atoms with Crippen molar-refractivity contribution >= 4 is 11.9 Å². The predicted molar refractivity (Wildman–Crippen MR) is 126 cm³/mol. The Morgan fingerprint density at radius 1 is 0.935 bits per heavy atom. The van der Waals surface area contributed by atoms with Gasteiger partial charge in [0.25, 0.3) is 0 Å². The third kappa shape index (κ3) is 14.6. The number of likely N-dealkylation sites (N-methyl/N-ethyl adjacent to an activating group) is 1. The molecule has 0 N–H and O–H groups in total. The highest BCUT2D eigenvalue weighted by atomic mass is 16.5. The first-order chi connectivity index (χ1) is 15.1. The Morgan fingerprint density at radius 2 is 1.55 bits per heavy atom. The Bertz CT molecular complexity index is 595. The number of allylic oxidation sites excluding steroid dienone is 2. The molecule has 0 fully saturated rings. The summed E-state index contributed by atoms with van der Waals surface area (Å²) in [5.74, 6) is -0.211. The fraction of sp³-hybridized carbons (Fsp3) is 0.692. The van der Waals surface area contributed by atoms with Gasteiger partial charge in [-0.15, -0.1) is 0 Å². The van der Waals surface area contributed by atoms with Crippen LogP contribution in [0.4, 0.5) is 0 Å². The van der Waals surface area contributed by atoms with Gasteiger partial charge in [-0.25, -0.2) is 4.79 Å². The van der Waals surface area contributed by atoms with E-state index in [1.54, 1.807) is 24.1 Å². The quantitative estimate of drug-likeness (QED) is 0.135. The summed E-state index contributed by atoms with van der Waals surface area (Å²) >= 11 is 0. The molecule has 0 aliphatic heterocycles. The number of furan rings is 1. The minimum absolute atomic E-state index is 0.103. The molecule has 1 rings (SSSR count). The van der Waals surface area contributed by atoms with Crippen LogP contribution in [0, 0.1) is 0 Å². The molecule has 31 heavy (non-hydrogen) atoms. The van der Waals surface area contributed by atoms with Gasteiger partial charge in [0.05, 0.1) is 12.8 Å². The minimum atomic E-state index is -0.497. The van der Waals surface area contributed by atoms with Crippen LogP contribution in [0.3, 0.4) is 0 Å². The maximum absolute atomic E-state index is 12.1. The first kappa shape index (κ1) is 27.0. The number of amides is 1. The van der Waals surface area contributed by atoms with Gasteiger partial charge in [0, 0.05) is 13.5 Å². The van der Waals surface area contributed by atoms with E-state index in [4.69, 9.17) is 9.15 Å². The summed E-state index contributed by atoms with van der Waals surface area (Å²) in [5.41, 5.74) is 0. The molecule has 5 heteroatoms. The van der Waals surface area contributed by atoms with Gasteiger partial charge in [-0.1, -0.05) is 70.4 Å². The first-order valence-corrected chi connectivity index (χ1v) is 12.2. The normalized spacial score (nSPS) is 11.2. The zero-order valence-electron chi connectivity index (χ0n) is 19.8. The topological polar surface area (TPSA) is 59.8 Å². The summed E-state index contributed by atoms with van der Waals surface area (Å²) < 4.78 is 10.1. The van der Waals surface area contributed by atoms with E-state index in [0.717, 1.165) is 12.8 Å². The molecule has 0 aromatic carbocycles. The molecule has 0 radical (unpaired) electrons. The molecule has 1 aromatic rings. The van der Waals surface area contributed by atoms with Crippen LogP contribution in [0.2, 0.25) is 0 Å². The Morgan fingerprint density at radius 3 is 2.16 bits per heavy atom. The lowest BCUT2D eigenvalue weighted by Crippen LogP contribution is -2.30. The van der Waals surface area contributed by atoms with Gasteiger partial charge in [0.1, 0.15) is 6.61 Å². The van der Waals surface area contributed by atoms with Gasteiger partial charge in [-0.3, -0.25) is 4.79 Å². The molecular weight excluding hydrogens is 390 g/mol. The lowest BCUT2D eigenvalue weighted by molar-refractivity contribution is -0.130. The maximum atomic E-state index is 12.1. The summed E-state index contributed by atoms with van der Waals surface area (Å²) in [5, 5.41) is 0. The zero-order chi connectivity index (χ0) is 22.6. The van der Waals surface area contributed by atoms with Gasteiger partial charge in [-0.05, 0) is 44.2 Å². The van der Waals surface area contributed by atoms with Crippen LogP contribution in [-0.4, -0.2) is 37.0 Å². The van der Waals surface area contributed by atoms with Crippen LogP contribution in [0.5, 0.6) is 0 Å². The molecule has 0 unspecified atom stereocenters. The molecule has 5 nitrogen and oxygen atoms in total. The van der Waals surface area contributed by atoms with Crippen molar-refractivity contribution in [2.24, 2.45) is 0 Å². The van der Waals surface area contributed by atoms with Crippen molar-refractivity contribution in [2.45, 2.75) is 96.8 Å². The molecule has 0 bridgehead atoms. The van der Waals surface area contributed by atoms with Crippen molar-refractivity contribution in [3.8, 4) is 0 Å². The average Bonchev–Trinajstić information content (AvgIpc) is 3.31. The van der Waals surface area contributed by atoms with Crippen molar-refractivity contribution < 1.29 is 18.7 Å². The second-order valence-corrected chi connectivity index (χ2v) is 8.26. The monoisotopic (exact) mass is 433 g/mol. The van der Waals surface area contributed by atoms with E-state index in [1.165, 1.54) is 76.9 Å². The molecule has 1 heterocycles. The number of esters is 1. The molecule has 0 spiro atoms. The minimum Gasteiger partial charge on any atom is -0.458 e. The van der Waals surface area contributed by atoms with Crippen LogP contribution in [0.25, 0.3) is 0 Å². The van der Waals surface area contributed by atoms with E-state index in [1.807, 2.05) is 0 Å². The molecule has 1 aromatic heterocycles. The van der Waals surface area contributed by atoms with Gasteiger partial charge in [0.15, 0.2) is 0 Å². The molecule has 0 aliphatic carbocycles. The van der Waals surface area contributed by atoms with E-state index in [2.05, 4.69) is 19.1 Å². The molecular formula is C26H43NO4. The third-order valence-corrected chi connectivity index (χ3v) is 5.46. The van der Waals surface area contributed by atoms with Gasteiger partial charge in [-0.2, -0.15) is 0 Å². The number of carbonyl (C=O) groups excluding carboxylic acids is 2. The summed E-state index contributed by atoms with van der Waals surface area (Å²) in [7, 11) is 1.75. The third-order valence-electron chi connectivity index (χ3n) is 5.46. The highest BCUT2D eigenvalue weighted by molar-refractivity contribution is 5.86. The number of ether oxygens (including phenoxy) is 1. The molecule has 0 atom stereocenters. The summed E-state index contributed by atoms with van der Waals surface area (Å²) in [6.07, 6.45) is 22.9. The van der Waals surface area contributed by atoms with Gasteiger partial charge < -0.3 is 14.1 Å². The fourth-order valence-electron chi connectivity index (χ4n) is 3.40. The highest BCUT2D eigenvalue weighted by Gasteiger charge is 2.12. The van der Waals surface area contributed by atoms with E-state index >= 15 is 0 Å². The predicted octanol–water partition coefficient (Wildman–Crippen LogP) is 6.93. The molecule has 0 aliphatic rings. The van der Waals surface area contributed by atoms with Crippen LogP contribution in [0.1, 0.15) is 107 Å². The van der Waals surface area contributed by atoms with Crippen molar-refractivity contribution in [3.05, 3.63) is 36.3 Å². The Balaban J connectivity index is 1.89. The van der Waals surface area contributed by atoms with Crippen molar-refractivity contribution in [3.63, 3.8) is 0 Å². The Labute approximate surface area is 189 Å². The molecule has 1 amide bonds. The fourth-order valence-corrected chi connectivity index (χ4v) is 3.40.